The van der Waals surface area contributed by atoms with E-state index >= 15 is 0 Å². The molecule has 3 heterocycles. The molecule has 4 rings (SSSR count). The van der Waals surface area contributed by atoms with Gasteiger partial charge in [-0.25, -0.2) is 9.67 Å². The summed E-state index contributed by atoms with van der Waals surface area (Å²) in [5, 5.41) is 18.7. The molecule has 8 heteroatoms. The van der Waals surface area contributed by atoms with E-state index in [0.29, 0.717) is 21.8 Å². The molecule has 0 atom stereocenters. The summed E-state index contributed by atoms with van der Waals surface area (Å²) in [6.45, 7) is 0. The monoisotopic (exact) mass is 375 g/mol. The number of nitrogens with zero attached hydrogens (tertiary/aromatic N) is 6. The SMILES string of the molecule is Cn1cc(-c2cc(-c3cnn(-c4ccc(Cl)cc4)c3)nc(N)c2C#N)cn1. The fraction of sp³-hybridized carbons (Fsp3) is 0.0526. The highest BCUT2D eigenvalue weighted by atomic mass is 35.5. The number of hydrogen-bond donors (Lipinski definition) is 1. The van der Waals surface area contributed by atoms with Crippen LogP contribution in [-0.4, -0.2) is 24.5 Å². The third-order valence-corrected chi connectivity index (χ3v) is 4.40. The molecule has 4 aromatic rings. The third-order valence-electron chi connectivity index (χ3n) is 4.14. The Balaban J connectivity index is 1.80. The normalized spacial score (nSPS) is 10.7. The number of hydrogen-bond acceptors (Lipinski definition) is 5. The van der Waals surface area contributed by atoms with Crippen LogP contribution in [0.1, 0.15) is 5.56 Å². The first-order valence-corrected chi connectivity index (χ1v) is 8.43. The Kier molecular flexibility index (Phi) is 4.11. The minimum absolute atomic E-state index is 0.174. The van der Waals surface area contributed by atoms with Crippen LogP contribution in [0.3, 0.4) is 0 Å². The fourth-order valence-electron chi connectivity index (χ4n) is 2.81. The van der Waals surface area contributed by atoms with E-state index in [1.807, 2.05) is 37.6 Å². The molecule has 0 saturated heterocycles. The number of aryl methyl sites for hydroxylation is 1. The van der Waals surface area contributed by atoms with Crippen molar-refractivity contribution >= 4 is 17.4 Å². The van der Waals surface area contributed by atoms with Crippen LogP contribution in [0, 0.1) is 11.3 Å². The first-order valence-electron chi connectivity index (χ1n) is 8.06. The number of benzene rings is 1. The van der Waals surface area contributed by atoms with Crippen molar-refractivity contribution in [2.75, 3.05) is 5.73 Å². The molecule has 27 heavy (non-hydrogen) atoms. The molecule has 132 valence electrons. The largest absolute Gasteiger partial charge is 0.383 e. The van der Waals surface area contributed by atoms with Crippen molar-refractivity contribution < 1.29 is 0 Å². The highest BCUT2D eigenvalue weighted by molar-refractivity contribution is 6.30. The van der Waals surface area contributed by atoms with Gasteiger partial charge < -0.3 is 5.73 Å². The molecule has 0 radical (unpaired) electrons. The number of pyridine rings is 1. The molecular weight excluding hydrogens is 362 g/mol. The molecule has 0 bridgehead atoms. The first-order chi connectivity index (χ1) is 13.0. The van der Waals surface area contributed by atoms with Gasteiger partial charge in [-0.3, -0.25) is 4.68 Å². The second kappa shape index (κ2) is 6.59. The smallest absolute Gasteiger partial charge is 0.142 e. The van der Waals surface area contributed by atoms with Crippen molar-refractivity contribution in [2.24, 2.45) is 7.05 Å². The molecule has 3 aromatic heterocycles. The van der Waals surface area contributed by atoms with Crippen molar-refractivity contribution in [1.82, 2.24) is 24.5 Å². The van der Waals surface area contributed by atoms with Crippen molar-refractivity contribution in [3.05, 3.63) is 65.7 Å². The van der Waals surface area contributed by atoms with E-state index < -0.39 is 0 Å². The highest BCUT2D eigenvalue weighted by Crippen LogP contribution is 2.31. The van der Waals surface area contributed by atoms with E-state index in [4.69, 9.17) is 17.3 Å². The Bertz CT molecular complexity index is 1170. The molecule has 0 aliphatic rings. The van der Waals surface area contributed by atoms with Crippen molar-refractivity contribution in [2.45, 2.75) is 0 Å². The summed E-state index contributed by atoms with van der Waals surface area (Å²) in [6.07, 6.45) is 7.08. The zero-order chi connectivity index (χ0) is 19.0. The third kappa shape index (κ3) is 3.14. The van der Waals surface area contributed by atoms with Gasteiger partial charge in [0.05, 0.1) is 23.8 Å². The minimum atomic E-state index is 0.174. The van der Waals surface area contributed by atoms with E-state index in [-0.39, 0.29) is 5.82 Å². The van der Waals surface area contributed by atoms with Crippen LogP contribution in [0.2, 0.25) is 5.02 Å². The maximum atomic E-state index is 9.48. The zero-order valence-corrected chi connectivity index (χ0v) is 15.1. The molecule has 0 aliphatic carbocycles. The minimum Gasteiger partial charge on any atom is -0.383 e. The summed E-state index contributed by atoms with van der Waals surface area (Å²) in [5.41, 5.74) is 10.2. The summed E-state index contributed by atoms with van der Waals surface area (Å²) in [4.78, 5) is 4.38. The fourth-order valence-corrected chi connectivity index (χ4v) is 2.93. The second-order valence-corrected chi connectivity index (χ2v) is 6.42. The van der Waals surface area contributed by atoms with Crippen molar-refractivity contribution in [3.8, 4) is 34.1 Å². The Labute approximate surface area is 160 Å². The van der Waals surface area contributed by atoms with Crippen LogP contribution < -0.4 is 5.73 Å². The summed E-state index contributed by atoms with van der Waals surface area (Å²) < 4.78 is 3.40. The summed E-state index contributed by atoms with van der Waals surface area (Å²) in [6, 6.07) is 11.3. The molecule has 0 spiro atoms. The molecule has 7 nitrogen and oxygen atoms in total. The molecular formula is C19H14ClN7. The molecule has 2 N–H and O–H groups in total. The average Bonchev–Trinajstić information content (AvgIpc) is 3.31. The van der Waals surface area contributed by atoms with E-state index in [1.165, 1.54) is 0 Å². The topological polar surface area (TPSA) is 98.3 Å². The van der Waals surface area contributed by atoms with Crippen LogP contribution in [-0.2, 0) is 7.05 Å². The van der Waals surface area contributed by atoms with Crippen LogP contribution in [0.5, 0.6) is 0 Å². The average molecular weight is 376 g/mol. The zero-order valence-electron chi connectivity index (χ0n) is 14.3. The van der Waals surface area contributed by atoms with E-state index in [0.717, 1.165) is 16.8 Å². The molecule has 0 aliphatic heterocycles. The van der Waals surface area contributed by atoms with E-state index in [1.54, 1.807) is 33.9 Å². The van der Waals surface area contributed by atoms with E-state index in [2.05, 4.69) is 21.3 Å². The number of aromatic nitrogens is 5. The lowest BCUT2D eigenvalue weighted by atomic mass is 10.0. The van der Waals surface area contributed by atoms with Gasteiger partial charge in [-0.2, -0.15) is 15.5 Å². The lowest BCUT2D eigenvalue weighted by molar-refractivity contribution is 0.768. The number of rotatable bonds is 3. The van der Waals surface area contributed by atoms with Gasteiger partial charge in [0.2, 0.25) is 0 Å². The Morgan fingerprint density at radius 2 is 1.81 bits per heavy atom. The number of halogens is 1. The number of anilines is 1. The Morgan fingerprint density at radius 1 is 1.07 bits per heavy atom. The van der Waals surface area contributed by atoms with Gasteiger partial charge in [-0.1, -0.05) is 11.6 Å². The van der Waals surface area contributed by atoms with E-state index in [9.17, 15) is 5.26 Å². The van der Waals surface area contributed by atoms with Crippen molar-refractivity contribution in [1.29, 1.82) is 5.26 Å². The van der Waals surface area contributed by atoms with Crippen LogP contribution in [0.4, 0.5) is 5.82 Å². The maximum absolute atomic E-state index is 9.48. The van der Waals surface area contributed by atoms with Gasteiger partial charge in [-0.05, 0) is 30.3 Å². The summed E-state index contributed by atoms with van der Waals surface area (Å²) >= 11 is 5.94. The second-order valence-electron chi connectivity index (χ2n) is 5.98. The quantitative estimate of drug-likeness (QED) is 0.591. The summed E-state index contributed by atoms with van der Waals surface area (Å²) in [5.74, 6) is 0.174. The van der Waals surface area contributed by atoms with Crippen LogP contribution in [0.15, 0.2) is 55.1 Å². The van der Waals surface area contributed by atoms with Gasteiger partial charge in [0.25, 0.3) is 0 Å². The molecule has 1 aromatic carbocycles. The van der Waals surface area contributed by atoms with Gasteiger partial charge >= 0.3 is 0 Å². The lowest BCUT2D eigenvalue weighted by Crippen LogP contribution is -1.99. The predicted molar refractivity (Wildman–Crippen MR) is 103 cm³/mol. The lowest BCUT2D eigenvalue weighted by Gasteiger charge is -2.07. The molecule has 0 saturated carbocycles. The standard InChI is InChI=1S/C19H14ClN7/c1-26-10-12(8-23-26)16-6-18(25-19(22)17(16)7-21)13-9-24-27(11-13)15-4-2-14(20)3-5-15/h2-6,8-11H,1H3,(H2,22,25). The van der Waals surface area contributed by atoms with Gasteiger partial charge in [0.1, 0.15) is 17.5 Å². The molecule has 0 unspecified atom stereocenters. The highest BCUT2D eigenvalue weighted by Gasteiger charge is 2.15. The van der Waals surface area contributed by atoms with Gasteiger partial charge in [0.15, 0.2) is 0 Å². The predicted octanol–water partition coefficient (Wildman–Crippen LogP) is 3.44. The Morgan fingerprint density at radius 3 is 2.48 bits per heavy atom. The van der Waals surface area contributed by atoms with Crippen LogP contribution in [0.25, 0.3) is 28.1 Å². The number of nitrogens with two attached hydrogens (primary N) is 1. The van der Waals surface area contributed by atoms with Crippen molar-refractivity contribution in [3.63, 3.8) is 0 Å². The molecule has 0 amide bonds. The van der Waals surface area contributed by atoms with Crippen LogP contribution >= 0.6 is 11.6 Å². The van der Waals surface area contributed by atoms with Gasteiger partial charge in [0, 0.05) is 41.2 Å². The maximum Gasteiger partial charge on any atom is 0.142 e. The molecule has 0 fully saturated rings. The first kappa shape index (κ1) is 16.8. The number of nitriles is 1. The summed E-state index contributed by atoms with van der Waals surface area (Å²) in [7, 11) is 1.82. The Hall–Kier alpha value is -3.63. The number of nitrogen functional groups attached to an aromatic ring is 1. The van der Waals surface area contributed by atoms with Gasteiger partial charge in [-0.15, -0.1) is 0 Å².